The predicted molar refractivity (Wildman–Crippen MR) is 57.8 cm³/mol. The second-order valence-electron chi connectivity index (χ2n) is 4.04. The summed E-state index contributed by atoms with van der Waals surface area (Å²) in [4.78, 5) is 10.8. The third kappa shape index (κ3) is 4.32. The first kappa shape index (κ1) is 13.0. The molecule has 3 atom stereocenters. The lowest BCUT2D eigenvalue weighted by molar-refractivity contribution is -0.142. The number of aliphatic carboxylic acids is 1. The molecule has 3 unspecified atom stereocenters. The Morgan fingerprint density at radius 1 is 1.43 bits per heavy atom. The van der Waals surface area contributed by atoms with Crippen LogP contribution >= 0.6 is 0 Å². The van der Waals surface area contributed by atoms with Crippen molar-refractivity contribution in [2.75, 3.05) is 0 Å². The van der Waals surface area contributed by atoms with Crippen LogP contribution in [0.3, 0.4) is 0 Å². The van der Waals surface area contributed by atoms with Crippen LogP contribution in [0.15, 0.2) is 0 Å². The Morgan fingerprint density at radius 2 is 2.00 bits per heavy atom. The van der Waals surface area contributed by atoms with E-state index in [9.17, 15) is 4.79 Å². The Bertz CT molecular complexity index is 215. The maximum atomic E-state index is 10.8. The Balaban J connectivity index is 4.16. The molecule has 0 aromatic heterocycles. The van der Waals surface area contributed by atoms with E-state index in [2.05, 4.69) is 26.7 Å². The second kappa shape index (κ2) is 6.48. The van der Waals surface area contributed by atoms with Gasteiger partial charge in [0, 0.05) is 6.42 Å². The van der Waals surface area contributed by atoms with Crippen LogP contribution < -0.4 is 0 Å². The Hall–Kier alpha value is -0.970. The number of hydrogen-bond donors (Lipinski definition) is 1. The molecule has 1 N–H and O–H groups in total. The first-order valence-electron chi connectivity index (χ1n) is 5.19. The quantitative estimate of drug-likeness (QED) is 0.663. The van der Waals surface area contributed by atoms with Crippen molar-refractivity contribution in [1.82, 2.24) is 0 Å². The molecule has 80 valence electrons. The van der Waals surface area contributed by atoms with Gasteiger partial charge in [-0.2, -0.15) is 0 Å². The second-order valence-corrected chi connectivity index (χ2v) is 4.04. The topological polar surface area (TPSA) is 37.3 Å². The normalized spacial score (nSPS) is 16.7. The van der Waals surface area contributed by atoms with Crippen molar-refractivity contribution in [3.8, 4) is 12.3 Å². The van der Waals surface area contributed by atoms with Gasteiger partial charge in [-0.05, 0) is 18.3 Å². The summed E-state index contributed by atoms with van der Waals surface area (Å²) >= 11 is 0. The van der Waals surface area contributed by atoms with E-state index >= 15 is 0 Å². The first-order valence-corrected chi connectivity index (χ1v) is 5.19. The molecule has 0 rings (SSSR count). The molecule has 0 fully saturated rings. The van der Waals surface area contributed by atoms with Crippen LogP contribution in [0.25, 0.3) is 0 Å². The van der Waals surface area contributed by atoms with Crippen LogP contribution in [-0.2, 0) is 4.79 Å². The average molecular weight is 196 g/mol. The molecule has 0 bridgehead atoms. The van der Waals surface area contributed by atoms with Gasteiger partial charge >= 0.3 is 5.97 Å². The minimum Gasteiger partial charge on any atom is -0.481 e. The zero-order valence-corrected chi connectivity index (χ0v) is 9.29. The number of rotatable bonds is 6. The van der Waals surface area contributed by atoms with Crippen LogP contribution in [0.2, 0.25) is 0 Å². The minimum absolute atomic E-state index is 0.343. The Labute approximate surface area is 86.7 Å². The van der Waals surface area contributed by atoms with Crippen LogP contribution in [-0.4, -0.2) is 11.1 Å². The fourth-order valence-electron chi connectivity index (χ4n) is 1.50. The van der Waals surface area contributed by atoms with Gasteiger partial charge in [0.05, 0.1) is 5.92 Å². The van der Waals surface area contributed by atoms with Gasteiger partial charge in [-0.3, -0.25) is 4.79 Å². The van der Waals surface area contributed by atoms with Crippen molar-refractivity contribution < 1.29 is 9.90 Å². The molecule has 2 nitrogen and oxygen atoms in total. The summed E-state index contributed by atoms with van der Waals surface area (Å²) in [6, 6.07) is 0. The molecular formula is C12H20O2. The van der Waals surface area contributed by atoms with Gasteiger partial charge in [0.1, 0.15) is 0 Å². The summed E-state index contributed by atoms with van der Waals surface area (Å²) in [5.41, 5.74) is 0. The zero-order chi connectivity index (χ0) is 11.1. The average Bonchev–Trinajstić information content (AvgIpc) is 2.15. The molecule has 0 aliphatic carbocycles. The van der Waals surface area contributed by atoms with Crippen molar-refractivity contribution in [1.29, 1.82) is 0 Å². The summed E-state index contributed by atoms with van der Waals surface area (Å²) in [6.45, 7) is 6.37. The van der Waals surface area contributed by atoms with Gasteiger partial charge in [0.25, 0.3) is 0 Å². The lowest BCUT2D eigenvalue weighted by Gasteiger charge is -2.21. The van der Waals surface area contributed by atoms with Crippen LogP contribution in [0, 0.1) is 30.1 Å². The molecule has 0 aromatic carbocycles. The molecule has 0 aliphatic rings. The molecule has 0 aromatic rings. The smallest absolute Gasteiger partial charge is 0.307 e. The number of carboxylic acids is 1. The van der Waals surface area contributed by atoms with Gasteiger partial charge in [-0.15, -0.1) is 12.3 Å². The van der Waals surface area contributed by atoms with Crippen LogP contribution in [0.4, 0.5) is 0 Å². The molecule has 0 aliphatic heterocycles. The zero-order valence-electron chi connectivity index (χ0n) is 9.29. The number of carbonyl (C=O) groups is 1. The maximum absolute atomic E-state index is 10.8. The molecule has 0 amide bonds. The van der Waals surface area contributed by atoms with Crippen molar-refractivity contribution in [2.45, 2.75) is 40.0 Å². The largest absolute Gasteiger partial charge is 0.481 e. The van der Waals surface area contributed by atoms with Crippen LogP contribution in [0.1, 0.15) is 40.0 Å². The van der Waals surface area contributed by atoms with E-state index in [0.29, 0.717) is 24.7 Å². The number of carboxylic acid groups (broad SMARTS) is 1. The van der Waals surface area contributed by atoms with Crippen molar-refractivity contribution in [2.24, 2.45) is 17.8 Å². The fraction of sp³-hybridized carbons (Fsp3) is 0.750. The van der Waals surface area contributed by atoms with E-state index in [1.807, 2.05) is 0 Å². The molecule has 0 saturated heterocycles. The summed E-state index contributed by atoms with van der Waals surface area (Å²) in [6.07, 6.45) is 7.26. The monoisotopic (exact) mass is 196 g/mol. The Kier molecular flexibility index (Phi) is 6.03. The Morgan fingerprint density at radius 3 is 2.36 bits per heavy atom. The highest BCUT2D eigenvalue weighted by atomic mass is 16.4. The third-order valence-electron chi connectivity index (χ3n) is 2.99. The standard InChI is InChI=1S/C12H20O2/c1-5-7-11(12(13)14)8-10(4)9(3)6-2/h1,9-11H,6-8H2,2-4H3,(H,13,14). The molecule has 0 radical (unpaired) electrons. The van der Waals surface area contributed by atoms with Gasteiger partial charge in [-0.25, -0.2) is 0 Å². The van der Waals surface area contributed by atoms with Gasteiger partial charge < -0.3 is 5.11 Å². The predicted octanol–water partition coefficient (Wildman–Crippen LogP) is 2.78. The molecule has 0 heterocycles. The van der Waals surface area contributed by atoms with Crippen LogP contribution in [0.5, 0.6) is 0 Å². The van der Waals surface area contributed by atoms with E-state index in [1.54, 1.807) is 0 Å². The summed E-state index contributed by atoms with van der Waals surface area (Å²) in [5, 5.41) is 8.91. The van der Waals surface area contributed by atoms with E-state index in [0.717, 1.165) is 6.42 Å². The van der Waals surface area contributed by atoms with Crippen molar-refractivity contribution in [3.05, 3.63) is 0 Å². The lowest BCUT2D eigenvalue weighted by atomic mass is 9.84. The van der Waals surface area contributed by atoms with Gasteiger partial charge in [-0.1, -0.05) is 27.2 Å². The van der Waals surface area contributed by atoms with Gasteiger partial charge in [0.2, 0.25) is 0 Å². The van der Waals surface area contributed by atoms with Crippen molar-refractivity contribution >= 4 is 5.97 Å². The highest BCUT2D eigenvalue weighted by Gasteiger charge is 2.21. The molecule has 2 heteroatoms. The summed E-state index contributed by atoms with van der Waals surface area (Å²) in [5.74, 6) is 2.28. The first-order chi connectivity index (χ1) is 6.52. The number of terminal acetylenes is 1. The number of hydrogen-bond acceptors (Lipinski definition) is 1. The minimum atomic E-state index is -0.766. The molecule has 0 spiro atoms. The molecule has 14 heavy (non-hydrogen) atoms. The summed E-state index contributed by atoms with van der Waals surface area (Å²) in [7, 11) is 0. The summed E-state index contributed by atoms with van der Waals surface area (Å²) < 4.78 is 0. The molecule has 0 saturated carbocycles. The van der Waals surface area contributed by atoms with Gasteiger partial charge in [0.15, 0.2) is 0 Å². The van der Waals surface area contributed by atoms with E-state index in [1.165, 1.54) is 0 Å². The third-order valence-corrected chi connectivity index (χ3v) is 2.99. The van der Waals surface area contributed by atoms with Crippen molar-refractivity contribution in [3.63, 3.8) is 0 Å². The highest BCUT2D eigenvalue weighted by Crippen LogP contribution is 2.24. The maximum Gasteiger partial charge on any atom is 0.307 e. The fourth-order valence-corrected chi connectivity index (χ4v) is 1.50. The van der Waals surface area contributed by atoms with E-state index < -0.39 is 5.97 Å². The highest BCUT2D eigenvalue weighted by molar-refractivity contribution is 5.70. The lowest BCUT2D eigenvalue weighted by Crippen LogP contribution is -2.19. The molecular weight excluding hydrogens is 176 g/mol. The van der Waals surface area contributed by atoms with E-state index in [-0.39, 0.29) is 5.92 Å². The SMILES string of the molecule is C#CCC(CC(C)C(C)CC)C(=O)O. The van der Waals surface area contributed by atoms with E-state index in [4.69, 9.17) is 11.5 Å².